The first-order chi connectivity index (χ1) is 9.49. The zero-order chi connectivity index (χ0) is 14.8. The van der Waals surface area contributed by atoms with Crippen molar-refractivity contribution in [3.05, 3.63) is 28.8 Å². The monoisotopic (exact) mass is 276 g/mol. The average Bonchev–Trinajstić information content (AvgIpc) is 2.41. The highest BCUT2D eigenvalue weighted by molar-refractivity contribution is 5.88. The van der Waals surface area contributed by atoms with E-state index in [0.29, 0.717) is 23.0 Å². The number of aliphatic hydroxyl groups excluding tert-OH is 1. The Bertz CT molecular complexity index is 668. The van der Waals surface area contributed by atoms with E-state index in [4.69, 9.17) is 10.8 Å². The molecule has 0 radical (unpaired) electrons. The van der Waals surface area contributed by atoms with Crippen LogP contribution >= 0.6 is 0 Å². The molecule has 1 atom stereocenters. The quantitative estimate of drug-likeness (QED) is 0.619. The lowest BCUT2D eigenvalue weighted by Crippen LogP contribution is -2.35. The molecule has 0 bridgehead atoms. The fourth-order valence-electron chi connectivity index (χ4n) is 2.14. The molecule has 0 aliphatic carbocycles. The van der Waals surface area contributed by atoms with Gasteiger partial charge in [-0.1, -0.05) is 6.92 Å². The molecule has 2 rings (SSSR count). The molecule has 0 fully saturated rings. The molecule has 1 heterocycles. The van der Waals surface area contributed by atoms with Crippen LogP contribution in [0.25, 0.3) is 10.9 Å². The highest BCUT2D eigenvalue weighted by atomic mass is 16.3. The van der Waals surface area contributed by atoms with E-state index in [1.54, 1.807) is 12.1 Å². The van der Waals surface area contributed by atoms with Crippen molar-refractivity contribution in [3.63, 3.8) is 0 Å². The van der Waals surface area contributed by atoms with Gasteiger partial charge in [0.25, 0.3) is 5.56 Å². The van der Waals surface area contributed by atoms with Gasteiger partial charge in [-0.15, -0.1) is 0 Å². The van der Waals surface area contributed by atoms with Crippen molar-refractivity contribution in [1.82, 2.24) is 9.97 Å². The summed E-state index contributed by atoms with van der Waals surface area (Å²) in [7, 11) is 0. The van der Waals surface area contributed by atoms with Crippen LogP contribution in [0.5, 0.6) is 0 Å². The number of aliphatic hydroxyl groups is 1. The standard InChI is InChI=1S/C14H20N4O2/c1-3-14(2,4-5-19)18-12-7-11-9(6-10(12)15)13(20)17-8-16-11/h6-8,18-19H,3-5,15H2,1-2H3,(H,16,17,20). The zero-order valence-electron chi connectivity index (χ0n) is 11.7. The SMILES string of the molecule is CCC(C)(CCO)Nc1cc2nc[nH]c(=O)c2cc1N. The van der Waals surface area contributed by atoms with Gasteiger partial charge in [0.05, 0.1) is 28.6 Å². The van der Waals surface area contributed by atoms with Gasteiger partial charge in [-0.3, -0.25) is 4.79 Å². The summed E-state index contributed by atoms with van der Waals surface area (Å²) in [6.07, 6.45) is 2.83. The molecular weight excluding hydrogens is 256 g/mol. The highest BCUT2D eigenvalue weighted by Crippen LogP contribution is 2.28. The van der Waals surface area contributed by atoms with Crippen molar-refractivity contribution < 1.29 is 5.11 Å². The molecule has 0 spiro atoms. The maximum atomic E-state index is 11.7. The molecule has 6 heteroatoms. The van der Waals surface area contributed by atoms with Crippen molar-refractivity contribution in [2.75, 3.05) is 17.7 Å². The molecule has 20 heavy (non-hydrogen) atoms. The smallest absolute Gasteiger partial charge is 0.258 e. The summed E-state index contributed by atoms with van der Waals surface area (Å²) in [5.41, 5.74) is 7.36. The van der Waals surface area contributed by atoms with Gasteiger partial charge >= 0.3 is 0 Å². The molecule has 5 N–H and O–H groups in total. The third kappa shape index (κ3) is 2.75. The van der Waals surface area contributed by atoms with Crippen molar-refractivity contribution in [3.8, 4) is 0 Å². The van der Waals surface area contributed by atoms with Crippen LogP contribution in [0.2, 0.25) is 0 Å². The Morgan fingerprint density at radius 2 is 2.25 bits per heavy atom. The van der Waals surface area contributed by atoms with Crippen molar-refractivity contribution in [2.45, 2.75) is 32.2 Å². The van der Waals surface area contributed by atoms with Gasteiger partial charge in [0.2, 0.25) is 0 Å². The number of aromatic nitrogens is 2. The first-order valence-electron chi connectivity index (χ1n) is 6.65. The minimum atomic E-state index is -0.252. The molecule has 1 aromatic carbocycles. The van der Waals surface area contributed by atoms with Crippen LogP contribution in [0.3, 0.4) is 0 Å². The van der Waals surface area contributed by atoms with E-state index < -0.39 is 0 Å². The third-order valence-corrected chi connectivity index (χ3v) is 3.69. The normalized spacial score (nSPS) is 14.2. The lowest BCUT2D eigenvalue weighted by Gasteiger charge is -2.31. The van der Waals surface area contributed by atoms with E-state index in [0.717, 1.165) is 12.1 Å². The fraction of sp³-hybridized carbons (Fsp3) is 0.429. The number of aromatic amines is 1. The average molecular weight is 276 g/mol. The number of nitrogens with one attached hydrogen (secondary N) is 2. The van der Waals surface area contributed by atoms with Gasteiger partial charge in [-0.05, 0) is 31.9 Å². The van der Waals surface area contributed by atoms with Crippen LogP contribution in [-0.4, -0.2) is 27.2 Å². The van der Waals surface area contributed by atoms with Crippen molar-refractivity contribution in [2.24, 2.45) is 0 Å². The summed E-state index contributed by atoms with van der Waals surface area (Å²) in [5.74, 6) is 0. The molecular formula is C14H20N4O2. The number of hydrogen-bond acceptors (Lipinski definition) is 5. The van der Waals surface area contributed by atoms with E-state index in [-0.39, 0.29) is 17.7 Å². The van der Waals surface area contributed by atoms with E-state index in [1.807, 2.05) is 13.8 Å². The van der Waals surface area contributed by atoms with Crippen LogP contribution in [0.15, 0.2) is 23.3 Å². The number of nitrogens with two attached hydrogens (primary N) is 1. The number of H-pyrrole nitrogens is 1. The van der Waals surface area contributed by atoms with Crippen LogP contribution in [0, 0.1) is 0 Å². The van der Waals surface area contributed by atoms with Crippen LogP contribution in [-0.2, 0) is 0 Å². The fourth-order valence-corrected chi connectivity index (χ4v) is 2.14. The minimum absolute atomic E-state index is 0.0999. The number of hydrogen-bond donors (Lipinski definition) is 4. The minimum Gasteiger partial charge on any atom is -0.397 e. The second-order valence-corrected chi connectivity index (χ2v) is 5.20. The molecule has 0 aliphatic heterocycles. The third-order valence-electron chi connectivity index (χ3n) is 3.69. The van der Waals surface area contributed by atoms with E-state index >= 15 is 0 Å². The highest BCUT2D eigenvalue weighted by Gasteiger charge is 2.22. The van der Waals surface area contributed by atoms with Gasteiger partial charge in [0.15, 0.2) is 0 Å². The van der Waals surface area contributed by atoms with Crippen LogP contribution in [0.1, 0.15) is 26.7 Å². The largest absolute Gasteiger partial charge is 0.397 e. The second kappa shape index (κ2) is 5.50. The van der Waals surface area contributed by atoms with Crippen molar-refractivity contribution in [1.29, 1.82) is 0 Å². The Balaban J connectivity index is 2.45. The van der Waals surface area contributed by atoms with E-state index in [9.17, 15) is 4.79 Å². The lowest BCUT2D eigenvalue weighted by molar-refractivity contribution is 0.252. The molecule has 1 aromatic heterocycles. The van der Waals surface area contributed by atoms with Gasteiger partial charge in [-0.25, -0.2) is 4.98 Å². The van der Waals surface area contributed by atoms with Gasteiger partial charge in [-0.2, -0.15) is 0 Å². The van der Waals surface area contributed by atoms with Gasteiger partial charge in [0, 0.05) is 12.1 Å². The predicted octanol–water partition coefficient (Wildman–Crippen LogP) is 1.47. The molecule has 0 amide bonds. The molecule has 6 nitrogen and oxygen atoms in total. The number of anilines is 2. The number of fused-ring (bicyclic) bond motifs is 1. The predicted molar refractivity (Wildman–Crippen MR) is 80.8 cm³/mol. The molecule has 0 saturated carbocycles. The first-order valence-corrected chi connectivity index (χ1v) is 6.65. The summed E-state index contributed by atoms with van der Waals surface area (Å²) in [6.45, 7) is 4.17. The van der Waals surface area contributed by atoms with Crippen LogP contribution < -0.4 is 16.6 Å². The first kappa shape index (κ1) is 14.3. The maximum Gasteiger partial charge on any atom is 0.258 e. The molecule has 1 unspecified atom stereocenters. The summed E-state index contributed by atoms with van der Waals surface area (Å²) in [5, 5.41) is 13.0. The second-order valence-electron chi connectivity index (χ2n) is 5.20. The topological polar surface area (TPSA) is 104 Å². The number of rotatable bonds is 5. The zero-order valence-corrected chi connectivity index (χ0v) is 11.7. The molecule has 108 valence electrons. The summed E-state index contributed by atoms with van der Waals surface area (Å²) >= 11 is 0. The molecule has 0 saturated heterocycles. The molecule has 2 aromatic rings. The summed E-state index contributed by atoms with van der Waals surface area (Å²) in [4.78, 5) is 18.4. The maximum absolute atomic E-state index is 11.7. The van der Waals surface area contributed by atoms with E-state index in [1.165, 1.54) is 6.33 Å². The Labute approximate surface area is 117 Å². The number of benzene rings is 1. The summed E-state index contributed by atoms with van der Waals surface area (Å²) in [6, 6.07) is 3.39. The Hall–Kier alpha value is -2.08. The Morgan fingerprint density at radius 3 is 2.90 bits per heavy atom. The Kier molecular flexibility index (Phi) is 3.94. The van der Waals surface area contributed by atoms with Crippen LogP contribution in [0.4, 0.5) is 11.4 Å². The van der Waals surface area contributed by atoms with E-state index in [2.05, 4.69) is 15.3 Å². The number of nitrogens with zero attached hydrogens (tertiary/aromatic N) is 1. The van der Waals surface area contributed by atoms with Crippen molar-refractivity contribution >= 4 is 22.3 Å². The molecule has 0 aliphatic rings. The summed E-state index contributed by atoms with van der Waals surface area (Å²) < 4.78 is 0. The van der Waals surface area contributed by atoms with Gasteiger partial charge < -0.3 is 21.1 Å². The Morgan fingerprint density at radius 1 is 1.50 bits per heavy atom. The lowest BCUT2D eigenvalue weighted by atomic mass is 9.94. The number of nitrogen functional groups attached to an aromatic ring is 1. The van der Waals surface area contributed by atoms with Gasteiger partial charge in [0.1, 0.15) is 0 Å².